The van der Waals surface area contributed by atoms with Crippen LogP contribution in [-0.4, -0.2) is 21.3 Å². The summed E-state index contributed by atoms with van der Waals surface area (Å²) in [6.07, 6.45) is 0. The third kappa shape index (κ3) is 3.19. The summed E-state index contributed by atoms with van der Waals surface area (Å²) in [7, 11) is 4.97. The highest BCUT2D eigenvalue weighted by Gasteiger charge is 2.21. The Labute approximate surface area is 132 Å². The molecule has 0 aliphatic heterocycles. The first kappa shape index (κ1) is 15.8. The van der Waals surface area contributed by atoms with Crippen molar-refractivity contribution in [1.29, 1.82) is 0 Å². The van der Waals surface area contributed by atoms with Crippen molar-refractivity contribution in [3.63, 3.8) is 0 Å². The Kier molecular flexibility index (Phi) is 5.20. The highest BCUT2D eigenvalue weighted by Crippen LogP contribution is 2.35. The van der Waals surface area contributed by atoms with E-state index in [0.29, 0.717) is 21.5 Å². The van der Waals surface area contributed by atoms with Crippen molar-refractivity contribution < 1.29 is 13.9 Å². The van der Waals surface area contributed by atoms with Crippen molar-refractivity contribution in [2.45, 2.75) is 6.04 Å². The van der Waals surface area contributed by atoms with Crippen LogP contribution >= 0.6 is 15.9 Å². The Bertz CT molecular complexity index is 634. The van der Waals surface area contributed by atoms with Gasteiger partial charge in [-0.3, -0.25) is 0 Å². The first-order valence-electron chi connectivity index (χ1n) is 6.45. The second kappa shape index (κ2) is 6.91. The molecule has 112 valence electrons. The van der Waals surface area contributed by atoms with Crippen molar-refractivity contribution in [2.24, 2.45) is 0 Å². The summed E-state index contributed by atoms with van der Waals surface area (Å²) < 4.78 is 25.5. The summed E-state index contributed by atoms with van der Waals surface area (Å²) in [4.78, 5) is 0. The maximum Gasteiger partial charge on any atom is 0.142 e. The lowest BCUT2D eigenvalue weighted by atomic mass is 9.97. The molecule has 2 aromatic rings. The first-order valence-corrected chi connectivity index (χ1v) is 7.24. The molecule has 0 spiro atoms. The Morgan fingerprint density at radius 1 is 1.10 bits per heavy atom. The molecule has 2 aromatic carbocycles. The lowest BCUT2D eigenvalue weighted by Crippen LogP contribution is -2.20. The molecule has 0 radical (unpaired) electrons. The maximum atomic E-state index is 14.4. The topological polar surface area (TPSA) is 30.5 Å². The molecule has 0 amide bonds. The molecule has 0 fully saturated rings. The Hall–Kier alpha value is -1.59. The number of benzene rings is 2. The summed E-state index contributed by atoms with van der Waals surface area (Å²) in [5.41, 5.74) is 1.36. The largest absolute Gasteiger partial charge is 0.497 e. The van der Waals surface area contributed by atoms with E-state index in [2.05, 4.69) is 21.2 Å². The van der Waals surface area contributed by atoms with Gasteiger partial charge >= 0.3 is 0 Å². The fourth-order valence-corrected chi connectivity index (χ4v) is 2.67. The van der Waals surface area contributed by atoms with E-state index in [9.17, 15) is 4.39 Å². The third-order valence-corrected chi connectivity index (χ3v) is 3.94. The van der Waals surface area contributed by atoms with Gasteiger partial charge in [-0.2, -0.15) is 0 Å². The number of halogens is 2. The van der Waals surface area contributed by atoms with Gasteiger partial charge in [0.25, 0.3) is 0 Å². The standard InChI is InChI=1S/C16H17BrFNO2/c1-19-16(11-5-4-6-13(17)15(11)18)12-9-10(20-2)7-8-14(12)21-3/h4-9,16,19H,1-3H3. The normalized spacial score (nSPS) is 12.0. The predicted octanol–water partition coefficient (Wildman–Crippen LogP) is 3.91. The van der Waals surface area contributed by atoms with Crippen molar-refractivity contribution >= 4 is 15.9 Å². The molecular formula is C16H17BrFNO2. The second-order valence-electron chi connectivity index (χ2n) is 4.47. The second-order valence-corrected chi connectivity index (χ2v) is 5.33. The lowest BCUT2D eigenvalue weighted by Gasteiger charge is -2.21. The molecule has 1 atom stereocenters. The van der Waals surface area contributed by atoms with E-state index in [0.717, 1.165) is 5.56 Å². The first-order chi connectivity index (χ1) is 10.1. The van der Waals surface area contributed by atoms with Crippen LogP contribution < -0.4 is 14.8 Å². The molecule has 3 nitrogen and oxygen atoms in total. The molecule has 1 N–H and O–H groups in total. The highest BCUT2D eigenvalue weighted by atomic mass is 79.9. The van der Waals surface area contributed by atoms with Gasteiger partial charge in [0, 0.05) is 11.1 Å². The zero-order valence-corrected chi connectivity index (χ0v) is 13.7. The van der Waals surface area contributed by atoms with Crippen LogP contribution in [0.25, 0.3) is 0 Å². The molecule has 21 heavy (non-hydrogen) atoms. The molecule has 0 saturated heterocycles. The van der Waals surface area contributed by atoms with Gasteiger partial charge in [-0.15, -0.1) is 0 Å². The quantitative estimate of drug-likeness (QED) is 0.883. The molecule has 0 bridgehead atoms. The van der Waals surface area contributed by atoms with Gasteiger partial charge in [0.15, 0.2) is 0 Å². The van der Waals surface area contributed by atoms with Gasteiger partial charge in [-0.25, -0.2) is 4.39 Å². The van der Waals surface area contributed by atoms with E-state index in [-0.39, 0.29) is 11.9 Å². The van der Waals surface area contributed by atoms with Crippen molar-refractivity contribution in [2.75, 3.05) is 21.3 Å². The van der Waals surface area contributed by atoms with E-state index >= 15 is 0 Å². The average molecular weight is 354 g/mol. The van der Waals surface area contributed by atoms with E-state index in [1.165, 1.54) is 0 Å². The minimum absolute atomic E-state index is 0.290. The number of hydrogen-bond acceptors (Lipinski definition) is 3. The zero-order chi connectivity index (χ0) is 15.4. The van der Waals surface area contributed by atoms with Gasteiger partial charge in [0.05, 0.1) is 24.7 Å². The Morgan fingerprint density at radius 3 is 2.48 bits per heavy atom. The summed E-state index contributed by atoms with van der Waals surface area (Å²) in [6, 6.07) is 10.4. The van der Waals surface area contributed by atoms with Crippen LogP contribution in [0.1, 0.15) is 17.2 Å². The van der Waals surface area contributed by atoms with Gasteiger partial charge in [-0.05, 0) is 47.2 Å². The van der Waals surface area contributed by atoms with E-state index in [1.807, 2.05) is 18.2 Å². The summed E-state index contributed by atoms with van der Waals surface area (Å²) in [5, 5.41) is 3.13. The fourth-order valence-electron chi connectivity index (χ4n) is 2.29. The van der Waals surface area contributed by atoms with Gasteiger partial charge in [0.2, 0.25) is 0 Å². The SMILES string of the molecule is CNC(c1cc(OC)ccc1OC)c1cccc(Br)c1F. The Balaban J connectivity index is 2.57. The predicted molar refractivity (Wildman–Crippen MR) is 84.5 cm³/mol. The number of rotatable bonds is 5. The number of ether oxygens (including phenoxy) is 2. The monoisotopic (exact) mass is 353 g/mol. The van der Waals surface area contributed by atoms with Crippen LogP contribution in [0.3, 0.4) is 0 Å². The summed E-state index contributed by atoms with van der Waals surface area (Å²) >= 11 is 3.22. The van der Waals surface area contributed by atoms with Crippen molar-refractivity contribution in [3.8, 4) is 11.5 Å². The molecule has 5 heteroatoms. The third-order valence-electron chi connectivity index (χ3n) is 3.33. The van der Waals surface area contributed by atoms with Crippen LogP contribution in [0, 0.1) is 5.82 Å². The minimum Gasteiger partial charge on any atom is -0.497 e. The molecular weight excluding hydrogens is 337 g/mol. The van der Waals surface area contributed by atoms with Crippen LogP contribution in [0.2, 0.25) is 0 Å². The zero-order valence-electron chi connectivity index (χ0n) is 12.1. The van der Waals surface area contributed by atoms with Crippen LogP contribution in [0.5, 0.6) is 11.5 Å². The van der Waals surface area contributed by atoms with E-state index in [1.54, 1.807) is 39.5 Å². The molecule has 2 rings (SSSR count). The smallest absolute Gasteiger partial charge is 0.142 e. The molecule has 0 saturated carbocycles. The molecule has 0 aliphatic rings. The molecule has 0 aliphatic carbocycles. The lowest BCUT2D eigenvalue weighted by molar-refractivity contribution is 0.394. The van der Waals surface area contributed by atoms with Gasteiger partial charge in [0.1, 0.15) is 17.3 Å². The van der Waals surface area contributed by atoms with Gasteiger partial charge in [-0.1, -0.05) is 12.1 Å². The van der Waals surface area contributed by atoms with E-state index in [4.69, 9.17) is 9.47 Å². The fraction of sp³-hybridized carbons (Fsp3) is 0.250. The highest BCUT2D eigenvalue weighted by molar-refractivity contribution is 9.10. The molecule has 0 heterocycles. The number of hydrogen-bond donors (Lipinski definition) is 1. The number of nitrogens with one attached hydrogen (secondary N) is 1. The molecule has 1 unspecified atom stereocenters. The van der Waals surface area contributed by atoms with Crippen LogP contribution in [0.15, 0.2) is 40.9 Å². The van der Waals surface area contributed by atoms with Crippen LogP contribution in [-0.2, 0) is 0 Å². The van der Waals surface area contributed by atoms with Crippen molar-refractivity contribution in [3.05, 3.63) is 57.8 Å². The summed E-state index contributed by atoms with van der Waals surface area (Å²) in [5.74, 6) is 1.08. The van der Waals surface area contributed by atoms with Gasteiger partial charge < -0.3 is 14.8 Å². The Morgan fingerprint density at radius 2 is 1.86 bits per heavy atom. The average Bonchev–Trinajstić information content (AvgIpc) is 2.52. The van der Waals surface area contributed by atoms with E-state index < -0.39 is 0 Å². The van der Waals surface area contributed by atoms with Crippen LogP contribution in [0.4, 0.5) is 4.39 Å². The summed E-state index contributed by atoms with van der Waals surface area (Å²) in [6.45, 7) is 0. The van der Waals surface area contributed by atoms with Crippen molar-refractivity contribution in [1.82, 2.24) is 5.32 Å². The molecule has 0 aromatic heterocycles. The minimum atomic E-state index is -0.340. The maximum absolute atomic E-state index is 14.4. The number of methoxy groups -OCH3 is 2.